The van der Waals surface area contributed by atoms with Crippen molar-refractivity contribution in [1.29, 1.82) is 0 Å². The smallest absolute Gasteiger partial charge is 0.190 e. The lowest BCUT2D eigenvalue weighted by atomic mass is 9.77. The van der Waals surface area contributed by atoms with Gasteiger partial charge in [-0.3, -0.25) is 9.69 Å². The Kier molecular flexibility index (Phi) is 7.26. The molecule has 2 aliphatic rings. The van der Waals surface area contributed by atoms with Gasteiger partial charge in [-0.1, -0.05) is 30.3 Å². The van der Waals surface area contributed by atoms with Gasteiger partial charge in [0.2, 0.25) is 0 Å². The molecule has 0 aliphatic carbocycles. The van der Waals surface area contributed by atoms with Crippen LogP contribution >= 0.6 is 0 Å². The highest BCUT2D eigenvalue weighted by molar-refractivity contribution is 7.90. The number of ketones is 1. The van der Waals surface area contributed by atoms with Gasteiger partial charge in [0.1, 0.15) is 23.2 Å². The van der Waals surface area contributed by atoms with E-state index in [1.54, 1.807) is 24.3 Å². The highest BCUT2D eigenvalue weighted by Crippen LogP contribution is 2.43. The molecule has 2 saturated heterocycles. The SMILES string of the molecule is CCOc1ccc(C(=O)C(c2ccccc2)(C2CO2)N2CCN(c3ccc(F)cc3S(C)(=O)=O)CC2)cc1. The zero-order valence-electron chi connectivity index (χ0n) is 21.5. The maximum atomic E-state index is 14.4. The van der Waals surface area contributed by atoms with Crippen LogP contribution in [0.5, 0.6) is 5.75 Å². The van der Waals surface area contributed by atoms with Crippen LogP contribution in [0.15, 0.2) is 77.7 Å². The molecule has 2 atom stereocenters. The van der Waals surface area contributed by atoms with Crippen LogP contribution in [0.2, 0.25) is 0 Å². The van der Waals surface area contributed by atoms with E-state index in [2.05, 4.69) is 4.90 Å². The van der Waals surface area contributed by atoms with Gasteiger partial charge in [0, 0.05) is 38.0 Å². The lowest BCUT2D eigenvalue weighted by molar-refractivity contribution is 0.0371. The minimum atomic E-state index is -3.63. The molecule has 2 aliphatic heterocycles. The number of benzene rings is 3. The molecule has 2 unspecified atom stereocenters. The number of carbonyl (C=O) groups is 1. The van der Waals surface area contributed by atoms with Crippen molar-refractivity contribution in [3.8, 4) is 5.75 Å². The Bertz CT molecular complexity index is 1400. The van der Waals surface area contributed by atoms with E-state index in [1.165, 1.54) is 12.1 Å². The van der Waals surface area contributed by atoms with Crippen LogP contribution in [-0.4, -0.2) is 70.9 Å². The number of Topliss-reactive ketones (excluding diaryl/α,β-unsaturated/α-hetero) is 1. The Morgan fingerprint density at radius 3 is 2.26 bits per heavy atom. The summed E-state index contributed by atoms with van der Waals surface area (Å²) in [6, 6.07) is 20.7. The number of carbonyl (C=O) groups excluding carboxylic acids is 1. The van der Waals surface area contributed by atoms with Gasteiger partial charge < -0.3 is 14.4 Å². The van der Waals surface area contributed by atoms with Gasteiger partial charge in [-0.05, 0) is 55.0 Å². The fraction of sp³-hybridized carbons (Fsp3) is 0.345. The molecule has 3 aromatic carbocycles. The average Bonchev–Trinajstić information content (AvgIpc) is 3.76. The van der Waals surface area contributed by atoms with Crippen molar-refractivity contribution >= 4 is 21.3 Å². The number of hydrogen-bond donors (Lipinski definition) is 0. The van der Waals surface area contributed by atoms with E-state index >= 15 is 0 Å². The molecular weight excluding hydrogens is 507 g/mol. The first-order valence-electron chi connectivity index (χ1n) is 12.7. The van der Waals surface area contributed by atoms with Crippen LogP contribution in [0, 0.1) is 5.82 Å². The predicted molar refractivity (Wildman–Crippen MR) is 143 cm³/mol. The van der Waals surface area contributed by atoms with E-state index in [0.29, 0.717) is 56.4 Å². The largest absolute Gasteiger partial charge is 0.494 e. The zero-order chi connectivity index (χ0) is 26.9. The standard InChI is InChI=1S/C29H31FN2O5S/c1-3-36-24-12-9-21(10-13-24)28(33)29(27-20-37-27,22-7-5-4-6-8-22)32-17-15-31(16-18-32)25-14-11-23(30)19-26(25)38(2,34)35/h4-14,19,27H,3,15-18,20H2,1-2H3. The number of ether oxygens (including phenoxy) is 2. The van der Waals surface area contributed by atoms with Gasteiger partial charge in [0.25, 0.3) is 0 Å². The van der Waals surface area contributed by atoms with Crippen LogP contribution < -0.4 is 9.64 Å². The van der Waals surface area contributed by atoms with Crippen molar-refractivity contribution in [2.24, 2.45) is 0 Å². The van der Waals surface area contributed by atoms with Gasteiger partial charge in [0.05, 0.1) is 23.8 Å². The maximum Gasteiger partial charge on any atom is 0.190 e. The summed E-state index contributed by atoms with van der Waals surface area (Å²) in [4.78, 5) is 18.5. The number of sulfone groups is 1. The van der Waals surface area contributed by atoms with E-state index in [4.69, 9.17) is 9.47 Å². The van der Waals surface area contributed by atoms with Gasteiger partial charge in [-0.2, -0.15) is 0 Å². The minimum Gasteiger partial charge on any atom is -0.494 e. The molecule has 0 N–H and O–H groups in total. The van der Waals surface area contributed by atoms with Crippen molar-refractivity contribution < 1.29 is 27.1 Å². The highest BCUT2D eigenvalue weighted by atomic mass is 32.2. The molecule has 0 saturated carbocycles. The van der Waals surface area contributed by atoms with Gasteiger partial charge in [0.15, 0.2) is 15.6 Å². The summed E-state index contributed by atoms with van der Waals surface area (Å²) in [5.74, 6) is 0.0515. The number of hydrogen-bond acceptors (Lipinski definition) is 7. The third kappa shape index (κ3) is 4.93. The second-order valence-corrected chi connectivity index (χ2v) is 11.6. The first kappa shape index (κ1) is 26.3. The number of nitrogens with zero attached hydrogens (tertiary/aromatic N) is 2. The molecular formula is C29H31FN2O5S. The van der Waals surface area contributed by atoms with Crippen LogP contribution in [-0.2, 0) is 20.1 Å². The molecule has 0 radical (unpaired) electrons. The molecule has 3 aromatic rings. The third-order valence-electron chi connectivity index (χ3n) is 7.23. The molecule has 5 rings (SSSR count). The summed E-state index contributed by atoms with van der Waals surface area (Å²) < 4.78 is 50.1. The van der Waals surface area contributed by atoms with Crippen LogP contribution in [0.3, 0.4) is 0 Å². The number of rotatable bonds is 9. The molecule has 0 aromatic heterocycles. The van der Waals surface area contributed by atoms with E-state index in [0.717, 1.165) is 17.9 Å². The first-order chi connectivity index (χ1) is 18.2. The Balaban J connectivity index is 1.50. The highest BCUT2D eigenvalue weighted by Gasteiger charge is 2.58. The van der Waals surface area contributed by atoms with Crippen molar-refractivity contribution in [2.75, 3.05) is 50.5 Å². The summed E-state index contributed by atoms with van der Waals surface area (Å²) in [6.07, 6.45) is 0.773. The average molecular weight is 539 g/mol. The Labute approximate surface area is 222 Å². The lowest BCUT2D eigenvalue weighted by Crippen LogP contribution is -2.61. The van der Waals surface area contributed by atoms with E-state index in [1.807, 2.05) is 42.2 Å². The molecule has 200 valence electrons. The monoisotopic (exact) mass is 538 g/mol. The summed E-state index contributed by atoms with van der Waals surface area (Å²) >= 11 is 0. The van der Waals surface area contributed by atoms with Crippen molar-refractivity contribution in [1.82, 2.24) is 4.90 Å². The fourth-order valence-corrected chi connectivity index (χ4v) is 6.31. The number of halogens is 1. The molecule has 0 amide bonds. The number of anilines is 1. The summed E-state index contributed by atoms with van der Waals surface area (Å²) in [5, 5.41) is 0. The Morgan fingerprint density at radius 1 is 1.03 bits per heavy atom. The van der Waals surface area contributed by atoms with Gasteiger partial charge in [-0.15, -0.1) is 0 Å². The van der Waals surface area contributed by atoms with Crippen LogP contribution in [0.4, 0.5) is 10.1 Å². The van der Waals surface area contributed by atoms with Crippen molar-refractivity contribution in [3.05, 3.63) is 89.7 Å². The molecule has 2 fully saturated rings. The maximum absolute atomic E-state index is 14.4. The molecule has 9 heteroatoms. The minimum absolute atomic E-state index is 0.0312. The summed E-state index contributed by atoms with van der Waals surface area (Å²) in [7, 11) is -3.63. The predicted octanol–water partition coefficient (Wildman–Crippen LogP) is 3.93. The van der Waals surface area contributed by atoms with E-state index < -0.39 is 21.2 Å². The Morgan fingerprint density at radius 2 is 1.68 bits per heavy atom. The second-order valence-electron chi connectivity index (χ2n) is 9.60. The topological polar surface area (TPSA) is 79.5 Å². The van der Waals surface area contributed by atoms with Crippen molar-refractivity contribution in [3.63, 3.8) is 0 Å². The van der Waals surface area contributed by atoms with Gasteiger partial charge in [-0.25, -0.2) is 12.8 Å². The quantitative estimate of drug-likeness (QED) is 0.302. The fourth-order valence-electron chi connectivity index (χ4n) is 5.41. The molecule has 38 heavy (non-hydrogen) atoms. The zero-order valence-corrected chi connectivity index (χ0v) is 22.3. The molecule has 0 bridgehead atoms. The van der Waals surface area contributed by atoms with Crippen molar-refractivity contribution in [2.45, 2.75) is 23.5 Å². The first-order valence-corrected chi connectivity index (χ1v) is 14.6. The molecule has 7 nitrogen and oxygen atoms in total. The van der Waals surface area contributed by atoms with Gasteiger partial charge >= 0.3 is 0 Å². The number of piperazine rings is 1. The molecule has 0 spiro atoms. The van der Waals surface area contributed by atoms with Crippen LogP contribution in [0.1, 0.15) is 22.8 Å². The van der Waals surface area contributed by atoms with E-state index in [-0.39, 0.29) is 16.8 Å². The second kappa shape index (κ2) is 10.5. The molecule has 2 heterocycles. The summed E-state index contributed by atoms with van der Waals surface area (Å²) in [6.45, 7) is 4.81. The summed E-state index contributed by atoms with van der Waals surface area (Å²) in [5.41, 5.74) is 0.851. The lowest BCUT2D eigenvalue weighted by Gasteiger charge is -2.47. The number of epoxide rings is 1. The van der Waals surface area contributed by atoms with Crippen LogP contribution in [0.25, 0.3) is 0 Å². The van der Waals surface area contributed by atoms with E-state index in [9.17, 15) is 17.6 Å². The normalized spacial score (nSPS) is 19.6. The Hall–Kier alpha value is -3.27. The third-order valence-corrected chi connectivity index (χ3v) is 8.35.